The van der Waals surface area contributed by atoms with Gasteiger partial charge in [0.2, 0.25) is 0 Å². The van der Waals surface area contributed by atoms with Crippen LogP contribution in [0.3, 0.4) is 0 Å². The number of nitrogens with two attached hydrogens (primary N) is 1. The Morgan fingerprint density at radius 1 is 1.56 bits per heavy atom. The van der Waals surface area contributed by atoms with Crippen molar-refractivity contribution in [3.63, 3.8) is 0 Å². The number of carbonyl (C=O) groups excluding carboxylic acids is 1. The second-order valence-corrected chi connectivity index (χ2v) is 5.54. The maximum atomic E-state index is 12.1. The molecule has 0 radical (unpaired) electrons. The van der Waals surface area contributed by atoms with Crippen molar-refractivity contribution in [3.8, 4) is 0 Å². The number of carbonyl (C=O) groups is 1. The number of amides is 1. The molecule has 0 aliphatic heterocycles. The van der Waals surface area contributed by atoms with Gasteiger partial charge in [-0.15, -0.1) is 0 Å². The first-order chi connectivity index (χ1) is 8.61. The molecular weight excluding hydrogens is 246 g/mol. The molecule has 0 spiro atoms. The zero-order valence-electron chi connectivity index (χ0n) is 10.5. The summed E-state index contributed by atoms with van der Waals surface area (Å²) in [7, 11) is 0. The SMILES string of the molecule is CSC(C)CNC(=O)c1c[nH]c2cc(N)ccc12. The lowest BCUT2D eigenvalue weighted by atomic mass is 10.1. The monoisotopic (exact) mass is 263 g/mol. The zero-order chi connectivity index (χ0) is 13.1. The molecule has 0 bridgehead atoms. The third-order valence-corrected chi connectivity index (χ3v) is 3.87. The van der Waals surface area contributed by atoms with E-state index in [0.29, 0.717) is 23.0 Å². The third kappa shape index (κ3) is 2.61. The van der Waals surface area contributed by atoms with Crippen LogP contribution >= 0.6 is 11.8 Å². The summed E-state index contributed by atoms with van der Waals surface area (Å²) in [6.07, 6.45) is 3.76. The Morgan fingerprint density at radius 2 is 2.33 bits per heavy atom. The highest BCUT2D eigenvalue weighted by Gasteiger charge is 2.12. The van der Waals surface area contributed by atoms with Crippen LogP contribution in [0.25, 0.3) is 10.9 Å². The van der Waals surface area contributed by atoms with Crippen LogP contribution in [0.1, 0.15) is 17.3 Å². The summed E-state index contributed by atoms with van der Waals surface area (Å²) >= 11 is 1.73. The van der Waals surface area contributed by atoms with Crippen LogP contribution in [0.15, 0.2) is 24.4 Å². The number of aromatic nitrogens is 1. The van der Waals surface area contributed by atoms with Crippen molar-refractivity contribution in [1.29, 1.82) is 0 Å². The van der Waals surface area contributed by atoms with Crippen molar-refractivity contribution >= 4 is 34.3 Å². The van der Waals surface area contributed by atoms with E-state index in [2.05, 4.69) is 17.2 Å². The molecule has 2 aromatic rings. The summed E-state index contributed by atoms with van der Waals surface area (Å²) in [4.78, 5) is 15.1. The maximum Gasteiger partial charge on any atom is 0.253 e. The molecule has 1 unspecified atom stereocenters. The van der Waals surface area contributed by atoms with Gasteiger partial charge >= 0.3 is 0 Å². The second kappa shape index (κ2) is 5.35. The number of rotatable bonds is 4. The smallest absolute Gasteiger partial charge is 0.253 e. The zero-order valence-corrected chi connectivity index (χ0v) is 11.3. The fraction of sp³-hybridized carbons (Fsp3) is 0.308. The molecule has 0 saturated heterocycles. The predicted octanol–water partition coefficient (Wildman–Crippen LogP) is 2.23. The fourth-order valence-corrected chi connectivity index (χ4v) is 2.00. The topological polar surface area (TPSA) is 70.9 Å². The van der Waals surface area contributed by atoms with E-state index in [4.69, 9.17) is 5.73 Å². The highest BCUT2D eigenvalue weighted by molar-refractivity contribution is 7.99. The number of H-pyrrole nitrogens is 1. The van der Waals surface area contributed by atoms with Crippen molar-refractivity contribution < 1.29 is 4.79 Å². The minimum absolute atomic E-state index is 0.0491. The Balaban J connectivity index is 2.18. The molecule has 1 aromatic heterocycles. The van der Waals surface area contributed by atoms with Gasteiger partial charge in [0.05, 0.1) is 5.56 Å². The molecule has 1 heterocycles. The normalized spacial score (nSPS) is 12.6. The first-order valence-corrected chi connectivity index (χ1v) is 7.08. The van der Waals surface area contributed by atoms with Gasteiger partial charge < -0.3 is 16.0 Å². The molecule has 2 rings (SSSR count). The number of benzene rings is 1. The predicted molar refractivity (Wildman–Crippen MR) is 78.0 cm³/mol. The molecule has 0 fully saturated rings. The number of fused-ring (bicyclic) bond motifs is 1. The number of nitrogens with one attached hydrogen (secondary N) is 2. The first kappa shape index (κ1) is 12.8. The van der Waals surface area contributed by atoms with Gasteiger partial charge in [-0.05, 0) is 24.5 Å². The molecule has 1 amide bonds. The molecule has 0 saturated carbocycles. The Labute approximate surface area is 110 Å². The summed E-state index contributed by atoms with van der Waals surface area (Å²) in [6.45, 7) is 2.75. The highest BCUT2D eigenvalue weighted by Crippen LogP contribution is 2.20. The van der Waals surface area contributed by atoms with E-state index in [1.165, 1.54) is 0 Å². The fourth-order valence-electron chi connectivity index (χ4n) is 1.75. The van der Waals surface area contributed by atoms with Gasteiger partial charge in [0.25, 0.3) is 5.91 Å². The van der Waals surface area contributed by atoms with Crippen LogP contribution in [0.5, 0.6) is 0 Å². The lowest BCUT2D eigenvalue weighted by Crippen LogP contribution is -2.29. The van der Waals surface area contributed by atoms with Crippen molar-refractivity contribution in [2.24, 2.45) is 0 Å². The minimum Gasteiger partial charge on any atom is -0.399 e. The van der Waals surface area contributed by atoms with Gasteiger partial charge in [-0.3, -0.25) is 4.79 Å². The Bertz CT molecular complexity index is 564. The van der Waals surface area contributed by atoms with E-state index >= 15 is 0 Å². The van der Waals surface area contributed by atoms with E-state index in [1.807, 2.05) is 18.4 Å². The van der Waals surface area contributed by atoms with Crippen molar-refractivity contribution in [1.82, 2.24) is 10.3 Å². The van der Waals surface area contributed by atoms with E-state index in [9.17, 15) is 4.79 Å². The van der Waals surface area contributed by atoms with Crippen molar-refractivity contribution in [2.75, 3.05) is 18.5 Å². The molecular formula is C13H17N3OS. The summed E-state index contributed by atoms with van der Waals surface area (Å²) in [6, 6.07) is 5.50. The summed E-state index contributed by atoms with van der Waals surface area (Å²) in [5.41, 5.74) is 7.94. The third-order valence-electron chi connectivity index (χ3n) is 2.90. The number of hydrogen-bond donors (Lipinski definition) is 3. The number of anilines is 1. The van der Waals surface area contributed by atoms with Gasteiger partial charge in [-0.25, -0.2) is 0 Å². The van der Waals surface area contributed by atoms with Gasteiger partial charge in [0.15, 0.2) is 0 Å². The molecule has 1 atom stereocenters. The van der Waals surface area contributed by atoms with Gasteiger partial charge in [-0.1, -0.05) is 6.92 Å². The second-order valence-electron chi connectivity index (χ2n) is 4.26. The molecule has 5 heteroatoms. The number of thioether (sulfide) groups is 1. The largest absolute Gasteiger partial charge is 0.399 e. The Hall–Kier alpha value is -1.62. The van der Waals surface area contributed by atoms with E-state index in [0.717, 1.165) is 10.9 Å². The average Bonchev–Trinajstić information content (AvgIpc) is 2.78. The Morgan fingerprint density at radius 3 is 3.06 bits per heavy atom. The molecule has 18 heavy (non-hydrogen) atoms. The Kier molecular flexibility index (Phi) is 3.81. The molecule has 0 aliphatic rings. The first-order valence-electron chi connectivity index (χ1n) is 5.79. The lowest BCUT2D eigenvalue weighted by molar-refractivity contribution is 0.0956. The van der Waals surface area contributed by atoms with Crippen LogP contribution in [0.2, 0.25) is 0 Å². The van der Waals surface area contributed by atoms with E-state index in [-0.39, 0.29) is 5.91 Å². The molecule has 1 aromatic carbocycles. The van der Waals surface area contributed by atoms with Gasteiger partial charge in [0, 0.05) is 34.6 Å². The van der Waals surface area contributed by atoms with Crippen LogP contribution in [0.4, 0.5) is 5.69 Å². The van der Waals surface area contributed by atoms with Gasteiger partial charge in [-0.2, -0.15) is 11.8 Å². The van der Waals surface area contributed by atoms with Crippen LogP contribution in [-0.4, -0.2) is 28.9 Å². The van der Waals surface area contributed by atoms with Crippen molar-refractivity contribution in [3.05, 3.63) is 30.0 Å². The lowest BCUT2D eigenvalue weighted by Gasteiger charge is -2.09. The van der Waals surface area contributed by atoms with Crippen LogP contribution < -0.4 is 11.1 Å². The summed E-state index contributed by atoms with van der Waals surface area (Å²) in [5, 5.41) is 4.24. The number of hydrogen-bond acceptors (Lipinski definition) is 3. The van der Waals surface area contributed by atoms with Crippen molar-refractivity contribution in [2.45, 2.75) is 12.2 Å². The summed E-state index contributed by atoms with van der Waals surface area (Å²) in [5.74, 6) is -0.0491. The standard InChI is InChI=1S/C13H17N3OS/c1-8(18-2)6-16-13(17)11-7-15-12-5-9(14)3-4-10(11)12/h3-5,7-8,15H,6,14H2,1-2H3,(H,16,17). The number of aromatic amines is 1. The van der Waals surface area contributed by atoms with Gasteiger partial charge in [0.1, 0.15) is 0 Å². The quantitative estimate of drug-likeness (QED) is 0.741. The highest BCUT2D eigenvalue weighted by atomic mass is 32.2. The van der Waals surface area contributed by atoms with Crippen LogP contribution in [-0.2, 0) is 0 Å². The summed E-state index contributed by atoms with van der Waals surface area (Å²) < 4.78 is 0. The van der Waals surface area contributed by atoms with E-state index in [1.54, 1.807) is 24.0 Å². The number of nitrogen functional groups attached to an aromatic ring is 1. The molecule has 4 N–H and O–H groups in total. The maximum absolute atomic E-state index is 12.1. The molecule has 4 nitrogen and oxygen atoms in total. The average molecular weight is 263 g/mol. The minimum atomic E-state index is -0.0491. The molecule has 0 aliphatic carbocycles. The van der Waals surface area contributed by atoms with E-state index < -0.39 is 0 Å². The molecule has 96 valence electrons. The van der Waals surface area contributed by atoms with Crippen LogP contribution in [0, 0.1) is 0 Å².